The number of anilines is 3. The van der Waals surface area contributed by atoms with E-state index in [1.807, 2.05) is 35.4 Å². The molecular weight excluding hydrogens is 598 g/mol. The lowest BCUT2D eigenvalue weighted by molar-refractivity contribution is 0.131. The van der Waals surface area contributed by atoms with Gasteiger partial charge in [-0.05, 0) is 60.4 Å². The van der Waals surface area contributed by atoms with Crippen molar-refractivity contribution in [1.82, 2.24) is 5.32 Å². The molecule has 0 saturated carbocycles. The predicted octanol–water partition coefficient (Wildman–Crippen LogP) is 10.7. The Morgan fingerprint density at radius 1 is 0.698 bits per heavy atom. The van der Waals surface area contributed by atoms with Gasteiger partial charge in [0, 0.05) is 18.1 Å². The normalized spacial score (nSPS) is 11.0. The third kappa shape index (κ3) is 12.7. The number of aryl methyl sites for hydroxylation is 1. The van der Waals surface area contributed by atoms with E-state index < -0.39 is 0 Å². The van der Waals surface area contributed by atoms with Crippen LogP contribution in [0.25, 0.3) is 0 Å². The first-order chi connectivity index (χ1) is 21.2. The molecule has 0 atom stereocenters. The third-order valence-corrected chi connectivity index (χ3v) is 8.18. The number of unbranched alkanes of at least 4 members (excludes halogenated alkanes) is 11. The van der Waals surface area contributed by atoms with Crippen LogP contribution in [-0.2, 0) is 17.8 Å². The number of urea groups is 1. The van der Waals surface area contributed by atoms with Gasteiger partial charge in [-0.2, -0.15) is 0 Å². The zero-order valence-electron chi connectivity index (χ0n) is 26.4. The van der Waals surface area contributed by atoms with Crippen LogP contribution in [0, 0.1) is 0 Å². The molecule has 0 bridgehead atoms. The van der Waals surface area contributed by atoms with Crippen LogP contribution in [-0.4, -0.2) is 25.0 Å². The van der Waals surface area contributed by atoms with E-state index in [-0.39, 0.29) is 6.03 Å². The van der Waals surface area contributed by atoms with Gasteiger partial charge in [-0.25, -0.2) is 9.86 Å². The van der Waals surface area contributed by atoms with Crippen LogP contribution in [0.15, 0.2) is 78.9 Å². The average Bonchev–Trinajstić information content (AvgIpc) is 3.04. The van der Waals surface area contributed by atoms with Gasteiger partial charge in [0.2, 0.25) is 0 Å². The van der Waals surface area contributed by atoms with Gasteiger partial charge in [0.15, 0.2) is 0 Å². The fraction of sp³-hybridized carbons (Fsp3) is 0.486. The van der Waals surface area contributed by atoms with E-state index in [0.29, 0.717) is 13.2 Å². The van der Waals surface area contributed by atoms with Gasteiger partial charge in [-0.15, -0.1) is 0 Å². The minimum absolute atomic E-state index is 0.128. The number of hydrogen-bond donors (Lipinski definition) is 1. The summed E-state index contributed by atoms with van der Waals surface area (Å²) in [7, 11) is 1.67. The molecule has 0 spiro atoms. The van der Waals surface area contributed by atoms with E-state index in [9.17, 15) is 4.79 Å². The van der Waals surface area contributed by atoms with Gasteiger partial charge >= 0.3 is 6.03 Å². The standard InChI is InChI=1S/C37H52BrN3O2/c1-3-4-5-6-7-8-9-10-11-12-13-17-29-43-41(34-20-15-14-16-21-34)35-25-23-33(24-26-35)31-40(37(42)39-2)36-22-18-19-32(30-36)27-28-38/h14-16,18-26,30H,3-13,17,27-29,31H2,1-2H3,(H,39,42). The number of nitrogens with zero attached hydrogens (tertiary/aromatic N) is 2. The first-order valence-electron chi connectivity index (χ1n) is 16.4. The molecule has 0 unspecified atom stereocenters. The molecule has 3 rings (SSSR count). The number of nitrogens with one attached hydrogen (secondary N) is 1. The van der Waals surface area contributed by atoms with Gasteiger partial charge in [0.1, 0.15) is 0 Å². The molecule has 0 aliphatic carbocycles. The number of amides is 2. The van der Waals surface area contributed by atoms with Crippen molar-refractivity contribution in [3.05, 3.63) is 90.0 Å². The van der Waals surface area contributed by atoms with Crippen molar-refractivity contribution in [3.63, 3.8) is 0 Å². The van der Waals surface area contributed by atoms with Crippen LogP contribution < -0.4 is 15.3 Å². The Balaban J connectivity index is 1.52. The molecule has 0 saturated heterocycles. The van der Waals surface area contributed by atoms with Gasteiger partial charge in [-0.1, -0.05) is 136 Å². The van der Waals surface area contributed by atoms with Gasteiger partial charge in [-0.3, -0.25) is 9.74 Å². The second kappa shape index (κ2) is 21.0. The van der Waals surface area contributed by atoms with Crippen LogP contribution in [0.1, 0.15) is 95.1 Å². The number of hydrogen-bond acceptors (Lipinski definition) is 3. The Hall–Kier alpha value is -2.83. The lowest BCUT2D eigenvalue weighted by Crippen LogP contribution is -2.37. The van der Waals surface area contributed by atoms with Crippen molar-refractivity contribution in [2.75, 3.05) is 28.9 Å². The highest BCUT2D eigenvalue weighted by molar-refractivity contribution is 9.09. The molecular formula is C37H52BrN3O2. The lowest BCUT2D eigenvalue weighted by Gasteiger charge is -2.25. The number of alkyl halides is 1. The SMILES string of the molecule is CCCCCCCCCCCCCCON(c1ccccc1)c1ccc(CN(C(=O)NC)c2cccc(CCBr)c2)cc1. The van der Waals surface area contributed by atoms with Crippen LogP contribution in [0.5, 0.6) is 0 Å². The first-order valence-corrected chi connectivity index (χ1v) is 17.5. The highest BCUT2D eigenvalue weighted by Gasteiger charge is 2.16. The summed E-state index contributed by atoms with van der Waals surface area (Å²) in [4.78, 5) is 21.0. The van der Waals surface area contributed by atoms with Crippen LogP contribution in [0.2, 0.25) is 0 Å². The highest BCUT2D eigenvalue weighted by atomic mass is 79.9. The van der Waals surface area contributed by atoms with Crippen molar-refractivity contribution < 1.29 is 9.63 Å². The molecule has 0 fully saturated rings. The van der Waals surface area contributed by atoms with Crippen molar-refractivity contribution in [1.29, 1.82) is 0 Å². The van der Waals surface area contributed by atoms with Crippen LogP contribution >= 0.6 is 15.9 Å². The number of carbonyl (C=O) groups is 1. The number of rotatable bonds is 21. The summed E-state index contributed by atoms with van der Waals surface area (Å²) < 4.78 is 0. The molecule has 0 aliphatic rings. The van der Waals surface area contributed by atoms with Gasteiger partial charge < -0.3 is 5.32 Å². The molecule has 0 radical (unpaired) electrons. The molecule has 0 aliphatic heterocycles. The van der Waals surface area contributed by atoms with Gasteiger partial charge in [0.05, 0.1) is 24.5 Å². The number of halogens is 1. The molecule has 3 aromatic rings. The smallest absolute Gasteiger partial charge is 0.321 e. The summed E-state index contributed by atoms with van der Waals surface area (Å²) in [5, 5.41) is 5.61. The minimum Gasteiger partial charge on any atom is -0.341 e. The third-order valence-electron chi connectivity index (χ3n) is 7.78. The zero-order valence-corrected chi connectivity index (χ0v) is 28.0. The van der Waals surface area contributed by atoms with E-state index >= 15 is 0 Å². The van der Waals surface area contributed by atoms with Crippen LogP contribution in [0.3, 0.4) is 0 Å². The Morgan fingerprint density at radius 2 is 1.28 bits per heavy atom. The molecule has 2 amide bonds. The predicted molar refractivity (Wildman–Crippen MR) is 187 cm³/mol. The molecule has 234 valence electrons. The molecule has 0 heterocycles. The monoisotopic (exact) mass is 649 g/mol. The second-order valence-electron chi connectivity index (χ2n) is 11.3. The Morgan fingerprint density at radius 3 is 1.88 bits per heavy atom. The fourth-order valence-electron chi connectivity index (χ4n) is 5.28. The number of carbonyl (C=O) groups excluding carboxylic acids is 1. The molecule has 1 N–H and O–H groups in total. The maximum Gasteiger partial charge on any atom is 0.321 e. The summed E-state index contributed by atoms with van der Waals surface area (Å²) in [6, 6.07) is 26.6. The second-order valence-corrected chi connectivity index (χ2v) is 12.1. The average molecular weight is 651 g/mol. The largest absolute Gasteiger partial charge is 0.341 e. The summed E-state index contributed by atoms with van der Waals surface area (Å²) in [6.45, 7) is 3.44. The number of benzene rings is 3. The van der Waals surface area contributed by atoms with E-state index in [4.69, 9.17) is 4.84 Å². The highest BCUT2D eigenvalue weighted by Crippen LogP contribution is 2.27. The molecule has 0 aromatic heterocycles. The summed E-state index contributed by atoms with van der Waals surface area (Å²) >= 11 is 3.52. The molecule has 6 heteroatoms. The van der Waals surface area contributed by atoms with Crippen molar-refractivity contribution in [2.24, 2.45) is 0 Å². The lowest BCUT2D eigenvalue weighted by atomic mass is 10.1. The molecule has 43 heavy (non-hydrogen) atoms. The first kappa shape index (κ1) is 34.7. The summed E-state index contributed by atoms with van der Waals surface area (Å²) in [6.07, 6.45) is 16.8. The van der Waals surface area contributed by atoms with Crippen molar-refractivity contribution in [3.8, 4) is 0 Å². The molecule has 3 aromatic carbocycles. The number of para-hydroxylation sites is 1. The Bertz CT molecular complexity index is 1160. The van der Waals surface area contributed by atoms with Crippen LogP contribution in [0.4, 0.5) is 21.9 Å². The summed E-state index contributed by atoms with van der Waals surface area (Å²) in [5.74, 6) is 0. The maximum atomic E-state index is 12.8. The van der Waals surface area contributed by atoms with E-state index in [2.05, 4.69) is 76.7 Å². The minimum atomic E-state index is -0.128. The fourth-order valence-corrected chi connectivity index (χ4v) is 5.74. The summed E-state index contributed by atoms with van der Waals surface area (Å²) in [5.41, 5.74) is 5.11. The van der Waals surface area contributed by atoms with E-state index in [1.165, 1.54) is 76.2 Å². The van der Waals surface area contributed by atoms with Crippen molar-refractivity contribution >= 4 is 39.0 Å². The zero-order chi connectivity index (χ0) is 30.5. The maximum absolute atomic E-state index is 12.8. The van der Waals surface area contributed by atoms with Gasteiger partial charge in [0.25, 0.3) is 0 Å². The molecule has 5 nitrogen and oxygen atoms in total. The quantitative estimate of drug-likeness (QED) is 0.0709. The van der Waals surface area contributed by atoms with Crippen molar-refractivity contribution in [2.45, 2.75) is 96.9 Å². The van der Waals surface area contributed by atoms with E-state index in [0.717, 1.165) is 40.8 Å². The Kier molecular flexibility index (Phi) is 16.9. The Labute approximate surface area is 269 Å². The van der Waals surface area contributed by atoms with E-state index in [1.54, 1.807) is 11.9 Å². The topological polar surface area (TPSA) is 44.8 Å².